The molecule has 1 aliphatic heterocycles. The van der Waals surface area contributed by atoms with E-state index < -0.39 is 6.10 Å². The van der Waals surface area contributed by atoms with Crippen LogP contribution in [0.2, 0.25) is 0 Å². The highest BCUT2D eigenvalue weighted by atomic mass is 16.5. The Bertz CT molecular complexity index is 256. The van der Waals surface area contributed by atoms with Gasteiger partial charge in [-0.3, -0.25) is 0 Å². The number of rotatable bonds is 7. The Morgan fingerprint density at radius 1 is 1.20 bits per heavy atom. The zero-order valence-corrected chi connectivity index (χ0v) is 13.8. The summed E-state index contributed by atoms with van der Waals surface area (Å²) in [4.78, 5) is 2.26. The maximum Gasteiger partial charge on any atom is 0.118 e. The number of aliphatic hydroxyl groups excluding tert-OH is 1. The van der Waals surface area contributed by atoms with Gasteiger partial charge in [0.25, 0.3) is 0 Å². The summed E-state index contributed by atoms with van der Waals surface area (Å²) in [6.45, 7) is 18.4. The van der Waals surface area contributed by atoms with Crippen molar-refractivity contribution in [3.8, 4) is 0 Å². The van der Waals surface area contributed by atoms with E-state index in [-0.39, 0.29) is 0 Å². The number of ether oxygens (including phenoxy) is 1. The second kappa shape index (κ2) is 16.0. The summed E-state index contributed by atoms with van der Waals surface area (Å²) in [5, 5.41) is 9.77. The van der Waals surface area contributed by atoms with E-state index in [9.17, 15) is 5.11 Å². The molecule has 0 aromatic carbocycles. The van der Waals surface area contributed by atoms with E-state index in [0.29, 0.717) is 18.9 Å². The Balaban J connectivity index is 0. The maximum absolute atomic E-state index is 9.77. The molecule has 0 bridgehead atoms. The van der Waals surface area contributed by atoms with Crippen LogP contribution in [0, 0.1) is 0 Å². The second-order valence-electron chi connectivity index (χ2n) is 3.98. The quantitative estimate of drug-likeness (QED) is 0.570. The lowest BCUT2D eigenvalue weighted by Gasteiger charge is -2.19. The van der Waals surface area contributed by atoms with Gasteiger partial charge in [0, 0.05) is 6.54 Å². The van der Waals surface area contributed by atoms with Gasteiger partial charge in [0.05, 0.1) is 0 Å². The van der Waals surface area contributed by atoms with Crippen molar-refractivity contribution in [3.05, 3.63) is 37.1 Å². The average molecular weight is 283 g/mol. The molecule has 1 heterocycles. The van der Waals surface area contributed by atoms with Crippen molar-refractivity contribution in [3.63, 3.8) is 0 Å². The van der Waals surface area contributed by atoms with Crippen LogP contribution in [0.5, 0.6) is 0 Å². The highest BCUT2D eigenvalue weighted by Gasteiger charge is 2.15. The Hall–Kier alpha value is -1.06. The molecule has 118 valence electrons. The molecular formula is C17H33NO2. The van der Waals surface area contributed by atoms with E-state index in [1.807, 2.05) is 27.7 Å². The molecule has 20 heavy (non-hydrogen) atoms. The number of hydrogen-bond acceptors (Lipinski definition) is 3. The number of hydrogen-bond donors (Lipinski definition) is 1. The minimum Gasteiger partial charge on any atom is -0.491 e. The summed E-state index contributed by atoms with van der Waals surface area (Å²) in [6, 6.07) is 0. The van der Waals surface area contributed by atoms with Crippen LogP contribution < -0.4 is 0 Å². The smallest absolute Gasteiger partial charge is 0.118 e. The maximum atomic E-state index is 9.77. The van der Waals surface area contributed by atoms with E-state index in [0.717, 1.165) is 13.1 Å². The van der Waals surface area contributed by atoms with Crippen LogP contribution in [0.3, 0.4) is 0 Å². The Morgan fingerprint density at radius 2 is 1.75 bits per heavy atom. The summed E-state index contributed by atoms with van der Waals surface area (Å²) < 4.78 is 5.40. The largest absolute Gasteiger partial charge is 0.491 e. The van der Waals surface area contributed by atoms with Crippen LogP contribution in [0.15, 0.2) is 37.1 Å². The van der Waals surface area contributed by atoms with Gasteiger partial charge in [0.2, 0.25) is 0 Å². The van der Waals surface area contributed by atoms with E-state index in [2.05, 4.69) is 18.1 Å². The van der Waals surface area contributed by atoms with Crippen molar-refractivity contribution >= 4 is 0 Å². The number of nitrogens with zero attached hydrogens (tertiary/aromatic N) is 1. The Labute approximate surface area is 125 Å². The molecule has 0 unspecified atom stereocenters. The molecule has 1 rings (SSSR count). The zero-order valence-electron chi connectivity index (χ0n) is 13.8. The molecule has 0 spiro atoms. The highest BCUT2D eigenvalue weighted by molar-refractivity contribution is 5.14. The summed E-state index contributed by atoms with van der Waals surface area (Å²) >= 11 is 0. The predicted octanol–water partition coefficient (Wildman–Crippen LogP) is 3.77. The molecule has 1 fully saturated rings. The third-order valence-electron chi connectivity index (χ3n) is 2.59. The SMILES string of the molecule is C=C/C=C(\C=C)OC[C@@H](O)CN1CCCC1.CC.CC. The molecule has 1 aliphatic rings. The third-order valence-corrected chi connectivity index (χ3v) is 2.59. The third kappa shape index (κ3) is 10.8. The van der Waals surface area contributed by atoms with Crippen molar-refractivity contribution in [1.29, 1.82) is 0 Å². The van der Waals surface area contributed by atoms with E-state index in [1.54, 1.807) is 18.2 Å². The summed E-state index contributed by atoms with van der Waals surface area (Å²) in [6.07, 6.45) is 7.03. The lowest BCUT2D eigenvalue weighted by Crippen LogP contribution is -2.32. The molecule has 0 aromatic rings. The van der Waals surface area contributed by atoms with Crippen LogP contribution in [0.25, 0.3) is 0 Å². The zero-order chi connectivity index (χ0) is 15.8. The van der Waals surface area contributed by atoms with Gasteiger partial charge < -0.3 is 14.7 Å². The van der Waals surface area contributed by atoms with Gasteiger partial charge in [-0.25, -0.2) is 0 Å². The topological polar surface area (TPSA) is 32.7 Å². The monoisotopic (exact) mass is 283 g/mol. The molecule has 1 N–H and O–H groups in total. The summed E-state index contributed by atoms with van der Waals surface area (Å²) in [5.41, 5.74) is 0. The fraction of sp³-hybridized carbons (Fsp3) is 0.647. The van der Waals surface area contributed by atoms with Gasteiger partial charge >= 0.3 is 0 Å². The van der Waals surface area contributed by atoms with Crippen LogP contribution in [-0.4, -0.2) is 42.4 Å². The fourth-order valence-electron chi connectivity index (χ4n) is 1.80. The second-order valence-corrected chi connectivity index (χ2v) is 3.98. The lowest BCUT2D eigenvalue weighted by molar-refractivity contribution is 0.0516. The molecule has 0 amide bonds. The Kier molecular flexibility index (Phi) is 17.0. The molecule has 0 radical (unpaired) electrons. The molecule has 1 saturated heterocycles. The number of likely N-dealkylation sites (tertiary alicyclic amines) is 1. The molecule has 3 heteroatoms. The van der Waals surface area contributed by atoms with Gasteiger partial charge in [0.1, 0.15) is 18.5 Å². The standard InChI is InChI=1S/C13H21NO2.2C2H6/c1-3-7-13(4-2)16-11-12(15)10-14-8-5-6-9-14;2*1-2/h3-4,7,12,15H,1-2,5-6,8-11H2;2*1-2H3/b13-7+;;/t12-;;/m0../s1. The first-order chi connectivity index (χ1) is 9.76. The minimum atomic E-state index is -0.439. The van der Waals surface area contributed by atoms with E-state index >= 15 is 0 Å². The molecule has 0 saturated carbocycles. The van der Waals surface area contributed by atoms with Crippen molar-refractivity contribution in [2.45, 2.75) is 46.6 Å². The summed E-state index contributed by atoms with van der Waals surface area (Å²) in [5.74, 6) is 0.649. The number of aliphatic hydroxyl groups is 1. The number of allylic oxidation sites excluding steroid dienone is 3. The highest BCUT2D eigenvalue weighted by Crippen LogP contribution is 2.08. The van der Waals surface area contributed by atoms with Crippen LogP contribution in [-0.2, 0) is 4.74 Å². The van der Waals surface area contributed by atoms with Gasteiger partial charge in [0.15, 0.2) is 0 Å². The van der Waals surface area contributed by atoms with Gasteiger partial charge in [-0.05, 0) is 38.1 Å². The molecule has 0 aromatic heterocycles. The van der Waals surface area contributed by atoms with Crippen LogP contribution in [0.1, 0.15) is 40.5 Å². The van der Waals surface area contributed by atoms with E-state index in [4.69, 9.17) is 4.74 Å². The van der Waals surface area contributed by atoms with Crippen molar-refractivity contribution in [2.75, 3.05) is 26.2 Å². The molecule has 1 atom stereocenters. The first-order valence-electron chi connectivity index (χ1n) is 7.74. The predicted molar refractivity (Wildman–Crippen MR) is 88.8 cm³/mol. The molecular weight excluding hydrogens is 250 g/mol. The molecule has 0 aliphatic carbocycles. The van der Waals surface area contributed by atoms with Crippen molar-refractivity contribution < 1.29 is 9.84 Å². The minimum absolute atomic E-state index is 0.308. The average Bonchev–Trinajstić information content (AvgIpc) is 3.00. The van der Waals surface area contributed by atoms with Crippen molar-refractivity contribution in [2.24, 2.45) is 0 Å². The summed E-state index contributed by atoms with van der Waals surface area (Å²) in [7, 11) is 0. The van der Waals surface area contributed by atoms with Gasteiger partial charge in [-0.15, -0.1) is 0 Å². The number of β-amino-alcohol motifs (C(OH)–C–C–N with tert-alkyl or cyclic N) is 1. The lowest BCUT2D eigenvalue weighted by atomic mass is 10.3. The van der Waals surface area contributed by atoms with Gasteiger partial charge in [-0.1, -0.05) is 46.9 Å². The van der Waals surface area contributed by atoms with Gasteiger partial charge in [-0.2, -0.15) is 0 Å². The molecule has 3 nitrogen and oxygen atoms in total. The van der Waals surface area contributed by atoms with E-state index in [1.165, 1.54) is 12.8 Å². The first-order valence-corrected chi connectivity index (χ1v) is 7.74. The fourth-order valence-corrected chi connectivity index (χ4v) is 1.80. The first kappa shape index (κ1) is 21.2. The normalized spacial score (nSPS) is 16.1. The van der Waals surface area contributed by atoms with Crippen molar-refractivity contribution in [1.82, 2.24) is 4.90 Å². The Morgan fingerprint density at radius 3 is 2.20 bits per heavy atom. The van der Waals surface area contributed by atoms with Crippen LogP contribution >= 0.6 is 0 Å². The van der Waals surface area contributed by atoms with Crippen LogP contribution in [0.4, 0.5) is 0 Å².